The Kier molecular flexibility index (Phi) is 8.19. The molecule has 4 rings (SSSR count). The van der Waals surface area contributed by atoms with E-state index >= 15 is 0 Å². The van der Waals surface area contributed by atoms with E-state index < -0.39 is 0 Å². The van der Waals surface area contributed by atoms with Crippen LogP contribution in [0.1, 0.15) is 63.9 Å². The van der Waals surface area contributed by atoms with Gasteiger partial charge in [0.25, 0.3) is 0 Å². The van der Waals surface area contributed by atoms with Gasteiger partial charge in [0.1, 0.15) is 5.82 Å². The summed E-state index contributed by atoms with van der Waals surface area (Å²) in [6.45, 7) is 6.11. The van der Waals surface area contributed by atoms with E-state index in [0.29, 0.717) is 6.04 Å². The third-order valence-corrected chi connectivity index (χ3v) is 6.89. The van der Waals surface area contributed by atoms with Gasteiger partial charge in [-0.1, -0.05) is 25.0 Å². The second-order valence-corrected chi connectivity index (χ2v) is 8.88. The molecule has 2 N–H and O–H groups in total. The molecule has 0 aromatic heterocycles. The van der Waals surface area contributed by atoms with Gasteiger partial charge in [0.05, 0.1) is 6.54 Å². The van der Waals surface area contributed by atoms with Crippen molar-refractivity contribution < 1.29 is 4.39 Å². The maximum absolute atomic E-state index is 13.6. The molecule has 0 unspecified atom stereocenters. The summed E-state index contributed by atoms with van der Waals surface area (Å²) in [6, 6.07) is 8.40. The predicted octanol–water partition coefficient (Wildman–Crippen LogP) is 4.44. The molecule has 3 fully saturated rings. The Hall–Kier alpha value is -0.890. The van der Waals surface area contributed by atoms with Crippen LogP contribution in [0.4, 0.5) is 4.39 Å². The lowest BCUT2D eigenvalue weighted by Crippen LogP contribution is -2.50. The molecule has 2 saturated carbocycles. The molecule has 6 heteroatoms. The molecular formula is C23H36FIN4. The fourth-order valence-electron chi connectivity index (χ4n) is 4.93. The fourth-order valence-corrected chi connectivity index (χ4v) is 4.93. The van der Waals surface area contributed by atoms with Crippen molar-refractivity contribution in [3.63, 3.8) is 0 Å². The van der Waals surface area contributed by atoms with Gasteiger partial charge in [-0.15, -0.1) is 24.0 Å². The van der Waals surface area contributed by atoms with Crippen LogP contribution < -0.4 is 10.6 Å². The Morgan fingerprint density at radius 1 is 1.17 bits per heavy atom. The molecular weight excluding hydrogens is 478 g/mol. The summed E-state index contributed by atoms with van der Waals surface area (Å²) in [5.41, 5.74) is 1.13. The summed E-state index contributed by atoms with van der Waals surface area (Å²) in [5.74, 6) is 0.774. The van der Waals surface area contributed by atoms with Gasteiger partial charge in [0, 0.05) is 37.1 Å². The first-order valence-electron chi connectivity index (χ1n) is 11.2. The van der Waals surface area contributed by atoms with Gasteiger partial charge in [-0.2, -0.15) is 0 Å². The Labute approximate surface area is 192 Å². The van der Waals surface area contributed by atoms with Gasteiger partial charge >= 0.3 is 0 Å². The minimum Gasteiger partial charge on any atom is -0.357 e. The highest BCUT2D eigenvalue weighted by Gasteiger charge is 2.44. The number of rotatable bonds is 6. The Morgan fingerprint density at radius 3 is 2.52 bits per heavy atom. The smallest absolute Gasteiger partial charge is 0.191 e. The van der Waals surface area contributed by atoms with Gasteiger partial charge in [-0.3, -0.25) is 4.99 Å². The van der Waals surface area contributed by atoms with Crippen molar-refractivity contribution in [2.75, 3.05) is 26.2 Å². The van der Waals surface area contributed by atoms with Gasteiger partial charge < -0.3 is 15.5 Å². The monoisotopic (exact) mass is 514 g/mol. The number of benzene rings is 1. The highest BCUT2D eigenvalue weighted by Crippen LogP contribution is 2.48. The van der Waals surface area contributed by atoms with Gasteiger partial charge in [0.2, 0.25) is 0 Å². The quantitative estimate of drug-likeness (QED) is 0.335. The summed E-state index contributed by atoms with van der Waals surface area (Å²) in [7, 11) is 0. The molecule has 0 spiro atoms. The van der Waals surface area contributed by atoms with Crippen LogP contribution in [0.25, 0.3) is 0 Å². The first-order valence-corrected chi connectivity index (χ1v) is 11.2. The van der Waals surface area contributed by atoms with E-state index in [1.165, 1.54) is 57.7 Å². The van der Waals surface area contributed by atoms with E-state index in [-0.39, 0.29) is 35.2 Å². The topological polar surface area (TPSA) is 39.7 Å². The van der Waals surface area contributed by atoms with E-state index in [4.69, 9.17) is 4.99 Å². The molecule has 0 radical (unpaired) electrons. The summed E-state index contributed by atoms with van der Waals surface area (Å²) >= 11 is 0. The van der Waals surface area contributed by atoms with Gasteiger partial charge in [-0.25, -0.2) is 4.39 Å². The zero-order valence-electron chi connectivity index (χ0n) is 17.6. The zero-order chi connectivity index (χ0) is 19.4. The molecule has 29 heavy (non-hydrogen) atoms. The van der Waals surface area contributed by atoms with Crippen LogP contribution in [-0.4, -0.2) is 49.1 Å². The molecule has 4 nitrogen and oxygen atoms in total. The van der Waals surface area contributed by atoms with Crippen molar-refractivity contribution in [1.29, 1.82) is 0 Å². The maximum atomic E-state index is 13.6. The number of piperidine rings is 1. The van der Waals surface area contributed by atoms with Crippen molar-refractivity contribution in [2.24, 2.45) is 4.99 Å². The van der Waals surface area contributed by atoms with Crippen molar-refractivity contribution >= 4 is 29.9 Å². The molecule has 0 atom stereocenters. The van der Waals surface area contributed by atoms with E-state index in [2.05, 4.69) is 22.5 Å². The maximum Gasteiger partial charge on any atom is 0.191 e. The van der Waals surface area contributed by atoms with Crippen LogP contribution in [0.15, 0.2) is 29.3 Å². The summed E-state index contributed by atoms with van der Waals surface area (Å²) < 4.78 is 13.6. The molecule has 1 aliphatic heterocycles. The zero-order valence-corrected chi connectivity index (χ0v) is 20.0. The molecule has 2 aliphatic carbocycles. The van der Waals surface area contributed by atoms with Crippen molar-refractivity contribution in [2.45, 2.75) is 75.8 Å². The minimum absolute atomic E-state index is 0. The SMILES string of the molecule is CCNC(=NCC1(c2cccc(F)c2)CC1)NC1CCN(C2CCCC2)CC1.I. The highest BCUT2D eigenvalue weighted by atomic mass is 127. The molecule has 1 saturated heterocycles. The number of aliphatic imine (C=N–C) groups is 1. The summed E-state index contributed by atoms with van der Waals surface area (Å²) in [5, 5.41) is 7.08. The average Bonchev–Trinajstić information content (AvgIpc) is 3.30. The van der Waals surface area contributed by atoms with Crippen molar-refractivity contribution in [1.82, 2.24) is 15.5 Å². The third kappa shape index (κ3) is 5.84. The fraction of sp³-hybridized carbons (Fsp3) is 0.696. The van der Waals surface area contributed by atoms with Crippen LogP contribution in [0, 0.1) is 5.82 Å². The van der Waals surface area contributed by atoms with Gasteiger partial charge in [-0.05, 0) is 63.1 Å². The van der Waals surface area contributed by atoms with Crippen LogP contribution in [0.2, 0.25) is 0 Å². The molecule has 1 heterocycles. The Balaban J connectivity index is 0.00000240. The summed E-state index contributed by atoms with van der Waals surface area (Å²) in [6.07, 6.45) is 10.2. The Bertz CT molecular complexity index is 677. The summed E-state index contributed by atoms with van der Waals surface area (Å²) in [4.78, 5) is 7.61. The lowest BCUT2D eigenvalue weighted by Gasteiger charge is -2.36. The van der Waals surface area contributed by atoms with E-state index in [1.54, 1.807) is 6.07 Å². The first kappa shape index (κ1) is 22.8. The van der Waals surface area contributed by atoms with Crippen LogP contribution in [0.5, 0.6) is 0 Å². The number of halogens is 2. The molecule has 1 aromatic rings. The largest absolute Gasteiger partial charge is 0.357 e. The lowest BCUT2D eigenvalue weighted by atomic mass is 9.96. The first-order chi connectivity index (χ1) is 13.7. The van der Waals surface area contributed by atoms with Crippen LogP contribution >= 0.6 is 24.0 Å². The molecule has 1 aromatic carbocycles. The molecule has 3 aliphatic rings. The third-order valence-electron chi connectivity index (χ3n) is 6.89. The number of nitrogens with one attached hydrogen (secondary N) is 2. The average molecular weight is 514 g/mol. The van der Waals surface area contributed by atoms with Gasteiger partial charge in [0.15, 0.2) is 5.96 Å². The highest BCUT2D eigenvalue weighted by molar-refractivity contribution is 14.0. The number of nitrogens with zero attached hydrogens (tertiary/aromatic N) is 2. The number of guanidine groups is 1. The molecule has 0 amide bonds. The second kappa shape index (κ2) is 10.4. The van der Waals surface area contributed by atoms with Crippen LogP contribution in [0.3, 0.4) is 0 Å². The van der Waals surface area contributed by atoms with Crippen LogP contribution in [-0.2, 0) is 5.41 Å². The standard InChI is InChI=1S/C23H35FN4.HI/c1-2-25-22(26-17-23(12-13-23)18-6-5-7-19(24)16-18)27-20-10-14-28(15-11-20)21-8-3-4-9-21;/h5-7,16,20-21H,2-4,8-15,17H2,1H3,(H2,25,26,27);1H. The van der Waals surface area contributed by atoms with Crippen molar-refractivity contribution in [3.05, 3.63) is 35.6 Å². The molecule has 162 valence electrons. The normalized spacial score (nSPS) is 22.9. The number of likely N-dealkylation sites (tertiary alicyclic amines) is 1. The van der Waals surface area contributed by atoms with E-state index in [9.17, 15) is 4.39 Å². The van der Waals surface area contributed by atoms with Crippen molar-refractivity contribution in [3.8, 4) is 0 Å². The second-order valence-electron chi connectivity index (χ2n) is 8.88. The van der Waals surface area contributed by atoms with E-state index in [0.717, 1.165) is 43.5 Å². The lowest BCUT2D eigenvalue weighted by molar-refractivity contribution is 0.150. The number of hydrogen-bond donors (Lipinski definition) is 2. The number of hydrogen-bond acceptors (Lipinski definition) is 2. The minimum atomic E-state index is -0.146. The van der Waals surface area contributed by atoms with E-state index in [1.807, 2.05) is 12.1 Å². The Morgan fingerprint density at radius 2 is 1.90 bits per heavy atom. The predicted molar refractivity (Wildman–Crippen MR) is 129 cm³/mol. The molecule has 0 bridgehead atoms.